The molecule has 0 aliphatic carbocycles. The van der Waals surface area contributed by atoms with Gasteiger partial charge in [-0.25, -0.2) is 4.79 Å². The second kappa shape index (κ2) is 9.24. The zero-order chi connectivity index (χ0) is 17.6. The van der Waals surface area contributed by atoms with E-state index >= 15 is 0 Å². The molecule has 1 fully saturated rings. The minimum Gasteiger partial charge on any atom is -0.445 e. The highest BCUT2D eigenvalue weighted by molar-refractivity contribution is 6.67. The smallest absolute Gasteiger partial charge is 0.407 e. The minimum atomic E-state index is -1.79. The van der Waals surface area contributed by atoms with Crippen molar-refractivity contribution in [3.8, 4) is 0 Å². The molecule has 0 aromatic carbocycles. The average molecular weight is 395 g/mol. The Morgan fingerprint density at radius 2 is 2.00 bits per heavy atom. The number of halogens is 3. The molecule has 1 amide bonds. The molecule has 4 N–H and O–H groups in total. The van der Waals surface area contributed by atoms with Crippen LogP contribution in [0.2, 0.25) is 0 Å². The molecule has 1 aliphatic rings. The maximum atomic E-state index is 11.7. The molecule has 0 spiro atoms. The highest BCUT2D eigenvalue weighted by Crippen LogP contribution is 2.26. The Bertz CT molecular complexity index is 407. The fourth-order valence-electron chi connectivity index (χ4n) is 1.87. The highest BCUT2D eigenvalue weighted by atomic mass is 35.6. The Morgan fingerprint density at radius 3 is 2.52 bits per heavy atom. The molecule has 1 heterocycles. The van der Waals surface area contributed by atoms with Crippen LogP contribution in [0.25, 0.3) is 0 Å². The lowest BCUT2D eigenvalue weighted by Crippen LogP contribution is -2.64. The van der Waals surface area contributed by atoms with E-state index in [-0.39, 0.29) is 6.61 Å². The van der Waals surface area contributed by atoms with Crippen LogP contribution in [0.4, 0.5) is 4.79 Å². The molecule has 1 rings (SSSR count). The Balaban J connectivity index is 2.73. The van der Waals surface area contributed by atoms with Gasteiger partial charge in [-0.1, -0.05) is 40.9 Å². The summed E-state index contributed by atoms with van der Waals surface area (Å²) in [5.41, 5.74) is 0. The third-order valence-corrected chi connectivity index (χ3v) is 3.24. The number of carbonyl (C=O) groups excluding carboxylic acids is 1. The van der Waals surface area contributed by atoms with Crippen molar-refractivity contribution in [3.63, 3.8) is 0 Å². The van der Waals surface area contributed by atoms with E-state index in [1.807, 2.05) is 0 Å². The lowest BCUT2D eigenvalue weighted by Gasteiger charge is -2.41. The van der Waals surface area contributed by atoms with Gasteiger partial charge in [-0.15, -0.1) is 6.58 Å². The molecule has 134 valence electrons. The third kappa shape index (κ3) is 6.60. The Kier molecular flexibility index (Phi) is 8.32. The molecule has 11 heteroatoms. The first kappa shape index (κ1) is 20.7. The van der Waals surface area contributed by atoms with Crippen molar-refractivity contribution in [2.45, 2.75) is 34.4 Å². The zero-order valence-electron chi connectivity index (χ0n) is 11.9. The SMILES string of the molecule is C=CCO[C@H]1O[C@H](CO)[C@@H](O)[C@H](O)[C@@H]1NC(=O)OCC(Cl)(Cl)Cl. The summed E-state index contributed by atoms with van der Waals surface area (Å²) in [6.07, 6.45) is -4.73. The molecule has 23 heavy (non-hydrogen) atoms. The second-order valence-corrected chi connectivity index (χ2v) is 7.21. The highest BCUT2D eigenvalue weighted by Gasteiger charge is 2.45. The summed E-state index contributed by atoms with van der Waals surface area (Å²) in [5.74, 6) is 0. The van der Waals surface area contributed by atoms with Gasteiger partial charge < -0.3 is 34.8 Å². The summed E-state index contributed by atoms with van der Waals surface area (Å²) in [7, 11) is 0. The van der Waals surface area contributed by atoms with Gasteiger partial charge in [-0.2, -0.15) is 0 Å². The fourth-order valence-corrected chi connectivity index (χ4v) is 2.03. The monoisotopic (exact) mass is 393 g/mol. The molecular formula is C12H18Cl3NO7. The van der Waals surface area contributed by atoms with Crippen molar-refractivity contribution < 1.29 is 34.3 Å². The van der Waals surface area contributed by atoms with Crippen molar-refractivity contribution in [2.24, 2.45) is 0 Å². The van der Waals surface area contributed by atoms with Crippen LogP contribution in [0.1, 0.15) is 0 Å². The van der Waals surface area contributed by atoms with Crippen molar-refractivity contribution in [2.75, 3.05) is 19.8 Å². The number of nitrogens with one attached hydrogen (secondary N) is 1. The summed E-state index contributed by atoms with van der Waals surface area (Å²) in [5, 5.41) is 31.3. The molecule has 0 bridgehead atoms. The maximum Gasteiger partial charge on any atom is 0.407 e. The van der Waals surface area contributed by atoms with Crippen LogP contribution in [0.3, 0.4) is 0 Å². The zero-order valence-corrected chi connectivity index (χ0v) is 14.2. The Hall–Kier alpha value is -0.320. The lowest BCUT2D eigenvalue weighted by atomic mass is 9.97. The van der Waals surface area contributed by atoms with Gasteiger partial charge >= 0.3 is 6.09 Å². The standard InChI is InChI=1S/C12H18Cl3NO7/c1-2-3-21-10-7(9(19)8(18)6(4-17)23-10)16-11(20)22-5-12(13,14)15/h2,6-10,17-19H,1,3-5H2,(H,16,20)/t6-,7+,8-,9-,10+/m1/s1. The third-order valence-electron chi connectivity index (χ3n) is 2.91. The molecular weight excluding hydrogens is 376 g/mol. The fraction of sp³-hybridized carbons (Fsp3) is 0.750. The van der Waals surface area contributed by atoms with Crippen LogP contribution in [0.15, 0.2) is 12.7 Å². The maximum absolute atomic E-state index is 11.7. The Labute approximate surface area is 147 Å². The molecule has 1 saturated heterocycles. The van der Waals surface area contributed by atoms with Crippen LogP contribution < -0.4 is 5.32 Å². The molecule has 0 unspecified atom stereocenters. The van der Waals surface area contributed by atoms with Crippen molar-refractivity contribution in [1.82, 2.24) is 5.32 Å². The average Bonchev–Trinajstić information content (AvgIpc) is 2.48. The van der Waals surface area contributed by atoms with Gasteiger partial charge in [-0.05, 0) is 0 Å². The van der Waals surface area contributed by atoms with Crippen LogP contribution in [0.5, 0.6) is 0 Å². The predicted octanol–water partition coefficient (Wildman–Crippen LogP) is 0.0930. The molecule has 0 aromatic rings. The van der Waals surface area contributed by atoms with Crippen LogP contribution in [-0.4, -0.2) is 75.7 Å². The van der Waals surface area contributed by atoms with Gasteiger partial charge in [0.2, 0.25) is 3.79 Å². The van der Waals surface area contributed by atoms with Crippen LogP contribution in [0, 0.1) is 0 Å². The number of hydrogen-bond acceptors (Lipinski definition) is 7. The van der Waals surface area contributed by atoms with Crippen molar-refractivity contribution >= 4 is 40.9 Å². The first-order valence-corrected chi connectivity index (χ1v) is 7.68. The number of ether oxygens (including phenoxy) is 3. The van der Waals surface area contributed by atoms with Gasteiger partial charge in [0.15, 0.2) is 6.29 Å². The summed E-state index contributed by atoms with van der Waals surface area (Å²) in [6.45, 7) is 2.45. The van der Waals surface area contributed by atoms with E-state index < -0.39 is 53.7 Å². The van der Waals surface area contributed by atoms with E-state index in [4.69, 9.17) is 49.4 Å². The number of hydrogen-bond donors (Lipinski definition) is 4. The van der Waals surface area contributed by atoms with Gasteiger partial charge in [0, 0.05) is 0 Å². The summed E-state index contributed by atoms with van der Waals surface area (Å²) >= 11 is 16.4. The number of rotatable bonds is 6. The first-order chi connectivity index (χ1) is 10.7. The minimum absolute atomic E-state index is 0.0486. The molecule has 1 aliphatic heterocycles. The number of aliphatic hydroxyl groups excluding tert-OH is 3. The lowest BCUT2D eigenvalue weighted by molar-refractivity contribution is -0.266. The van der Waals surface area contributed by atoms with E-state index in [0.29, 0.717) is 0 Å². The Morgan fingerprint density at radius 1 is 1.35 bits per heavy atom. The summed E-state index contributed by atoms with van der Waals surface area (Å²) in [4.78, 5) is 11.7. The number of alkyl carbamates (subject to hydrolysis) is 1. The molecule has 0 aromatic heterocycles. The van der Waals surface area contributed by atoms with E-state index in [2.05, 4.69) is 16.6 Å². The largest absolute Gasteiger partial charge is 0.445 e. The molecule has 0 saturated carbocycles. The molecule has 8 nitrogen and oxygen atoms in total. The number of alkyl halides is 3. The van der Waals surface area contributed by atoms with Crippen LogP contribution in [-0.2, 0) is 14.2 Å². The van der Waals surface area contributed by atoms with E-state index in [1.54, 1.807) is 0 Å². The summed E-state index contributed by atoms with van der Waals surface area (Å²) in [6, 6.07) is -1.17. The topological polar surface area (TPSA) is 117 Å². The second-order valence-electron chi connectivity index (χ2n) is 4.69. The van der Waals surface area contributed by atoms with Crippen molar-refractivity contribution in [3.05, 3.63) is 12.7 Å². The van der Waals surface area contributed by atoms with Gasteiger partial charge in [-0.3, -0.25) is 0 Å². The number of aliphatic hydroxyl groups is 3. The normalized spacial score (nSPS) is 31.5. The van der Waals surface area contributed by atoms with E-state index in [9.17, 15) is 15.0 Å². The number of amides is 1. The number of carbonyl (C=O) groups is 1. The van der Waals surface area contributed by atoms with Crippen molar-refractivity contribution in [1.29, 1.82) is 0 Å². The van der Waals surface area contributed by atoms with E-state index in [0.717, 1.165) is 0 Å². The molecule has 0 radical (unpaired) electrons. The molecule has 5 atom stereocenters. The van der Waals surface area contributed by atoms with Gasteiger partial charge in [0.25, 0.3) is 0 Å². The predicted molar refractivity (Wildman–Crippen MR) is 82.5 cm³/mol. The van der Waals surface area contributed by atoms with Crippen LogP contribution >= 0.6 is 34.8 Å². The van der Waals surface area contributed by atoms with Gasteiger partial charge in [0.1, 0.15) is 31.0 Å². The quantitative estimate of drug-likeness (QED) is 0.372. The first-order valence-electron chi connectivity index (χ1n) is 6.54. The summed E-state index contributed by atoms with van der Waals surface area (Å²) < 4.78 is 13.5. The van der Waals surface area contributed by atoms with Gasteiger partial charge in [0.05, 0.1) is 13.2 Å². The van der Waals surface area contributed by atoms with E-state index in [1.165, 1.54) is 6.08 Å².